The second-order valence-electron chi connectivity index (χ2n) is 2.58. The van der Waals surface area contributed by atoms with Crippen molar-refractivity contribution in [3.8, 4) is 0 Å². The molecule has 0 bridgehead atoms. The van der Waals surface area contributed by atoms with Crippen molar-refractivity contribution in [2.24, 2.45) is 0 Å². The van der Waals surface area contributed by atoms with Crippen LogP contribution < -0.4 is 4.98 Å². The maximum absolute atomic E-state index is 2.96. The predicted octanol–water partition coefficient (Wildman–Crippen LogP) is 2.62. The summed E-state index contributed by atoms with van der Waals surface area (Å²) in [6.07, 6.45) is 6.49. The minimum Gasteiger partial charge on any atom is -0.218 e. The van der Waals surface area contributed by atoms with Gasteiger partial charge in [0.15, 0.2) is 12.4 Å². The van der Waals surface area contributed by atoms with Crippen molar-refractivity contribution in [2.75, 3.05) is 0 Å². The van der Waals surface area contributed by atoms with E-state index < -0.39 is 0 Å². The highest BCUT2D eigenvalue weighted by Crippen LogP contribution is 1.84. The number of aryl methyl sites for hydroxylation is 1. The van der Waals surface area contributed by atoms with Crippen molar-refractivity contribution < 1.29 is 4.98 Å². The summed E-state index contributed by atoms with van der Waals surface area (Å²) in [4.78, 5) is 2.96. The van der Waals surface area contributed by atoms with Gasteiger partial charge in [0.2, 0.25) is 0 Å². The molecule has 1 aromatic heterocycles. The van der Waals surface area contributed by atoms with Gasteiger partial charge >= 0.3 is 0 Å². The minimum absolute atomic E-state index is 1.27. The van der Waals surface area contributed by atoms with Gasteiger partial charge in [0.05, 0.1) is 0 Å². The smallest absolute Gasteiger partial charge is 0.169 e. The summed E-state index contributed by atoms with van der Waals surface area (Å²) in [5, 5.41) is 0. The molecule has 0 spiro atoms. The summed E-state index contributed by atoms with van der Waals surface area (Å²) in [5.74, 6) is 0. The minimum atomic E-state index is 1.27. The van der Waals surface area contributed by atoms with Crippen LogP contribution in [0.1, 0.15) is 32.3 Å². The topological polar surface area (TPSA) is 14.1 Å². The van der Waals surface area contributed by atoms with Crippen LogP contribution in [-0.2, 0) is 0 Å². The highest BCUT2D eigenvalue weighted by atomic mass is 14.6. The van der Waals surface area contributed by atoms with Gasteiger partial charge in [-0.2, -0.15) is 0 Å². The molecule has 0 aliphatic rings. The average Bonchev–Trinajstić information content (AvgIpc) is 2.07. The maximum Gasteiger partial charge on any atom is 0.169 e. The fourth-order valence-corrected chi connectivity index (χ4v) is 0.483. The Bertz CT molecular complexity index is 156. The number of H-pyrrole nitrogens is 1. The van der Waals surface area contributed by atoms with Gasteiger partial charge in [-0.1, -0.05) is 26.7 Å². The van der Waals surface area contributed by atoms with Gasteiger partial charge < -0.3 is 0 Å². The Labute approximate surface area is 69.5 Å². The van der Waals surface area contributed by atoms with Crippen molar-refractivity contribution in [3.63, 3.8) is 0 Å². The molecule has 0 fully saturated rings. The number of aromatic nitrogens is 1. The third-order valence-corrected chi connectivity index (χ3v) is 1.36. The summed E-state index contributed by atoms with van der Waals surface area (Å²) < 4.78 is 0. The number of rotatable bonds is 1. The van der Waals surface area contributed by atoms with E-state index in [2.05, 4.69) is 31.8 Å². The van der Waals surface area contributed by atoms with Gasteiger partial charge in [-0.05, 0) is 13.0 Å². The van der Waals surface area contributed by atoms with Crippen LogP contribution in [0.4, 0.5) is 0 Å². The summed E-state index contributed by atoms with van der Waals surface area (Å²) >= 11 is 0. The second kappa shape index (κ2) is 7.26. The number of hydrogen-bond acceptors (Lipinski definition) is 0. The van der Waals surface area contributed by atoms with Gasteiger partial charge in [0.25, 0.3) is 0 Å². The van der Waals surface area contributed by atoms with E-state index in [0.717, 1.165) is 0 Å². The predicted molar refractivity (Wildman–Crippen MR) is 48.3 cm³/mol. The Morgan fingerprint density at radius 2 is 1.91 bits per heavy atom. The first-order valence-corrected chi connectivity index (χ1v) is 4.24. The Morgan fingerprint density at radius 1 is 1.27 bits per heavy atom. The van der Waals surface area contributed by atoms with Crippen LogP contribution in [0.2, 0.25) is 0 Å². The van der Waals surface area contributed by atoms with E-state index in [1.165, 1.54) is 18.4 Å². The van der Waals surface area contributed by atoms with Crippen LogP contribution in [0, 0.1) is 6.92 Å². The lowest BCUT2D eigenvalue weighted by atomic mass is 10.3. The van der Waals surface area contributed by atoms with E-state index in [1.54, 1.807) is 0 Å². The molecule has 1 rings (SSSR count). The Morgan fingerprint density at radius 3 is 2.09 bits per heavy atom. The molecule has 0 atom stereocenters. The monoisotopic (exact) mass is 152 g/mol. The van der Waals surface area contributed by atoms with E-state index in [0.29, 0.717) is 0 Å². The molecule has 1 nitrogen and oxygen atoms in total. The van der Waals surface area contributed by atoms with Crippen LogP contribution in [-0.4, -0.2) is 0 Å². The molecule has 1 N–H and O–H groups in total. The first-order valence-electron chi connectivity index (χ1n) is 4.24. The SMILES string of the molecule is CCCC.Cc1ccc[nH+]c1. The molecule has 1 heterocycles. The van der Waals surface area contributed by atoms with Crippen molar-refractivity contribution in [1.29, 1.82) is 0 Å². The van der Waals surface area contributed by atoms with Crippen molar-refractivity contribution in [3.05, 3.63) is 30.1 Å². The van der Waals surface area contributed by atoms with E-state index in [9.17, 15) is 0 Å². The van der Waals surface area contributed by atoms with Crippen LogP contribution in [0.15, 0.2) is 24.5 Å². The van der Waals surface area contributed by atoms with Gasteiger partial charge in [-0.25, -0.2) is 4.98 Å². The Kier molecular flexibility index (Phi) is 6.70. The summed E-state index contributed by atoms with van der Waals surface area (Å²) in [6, 6.07) is 4.03. The molecule has 0 aliphatic carbocycles. The highest BCUT2D eigenvalue weighted by molar-refractivity contribution is 5.00. The largest absolute Gasteiger partial charge is 0.218 e. The Balaban J connectivity index is 0.000000218. The standard InChI is InChI=1S/C6H7N.C4H10/c1-6-3-2-4-7-5-6;1-3-4-2/h2-5H,1H3;3-4H2,1-2H3/p+1. The van der Waals surface area contributed by atoms with Gasteiger partial charge in [-0.15, -0.1) is 0 Å². The van der Waals surface area contributed by atoms with Gasteiger partial charge in [0.1, 0.15) is 0 Å². The summed E-state index contributed by atoms with van der Waals surface area (Å²) in [7, 11) is 0. The van der Waals surface area contributed by atoms with Crippen LogP contribution >= 0.6 is 0 Å². The number of unbranched alkanes of at least 4 members (excludes halogenated alkanes) is 1. The van der Waals surface area contributed by atoms with Crippen molar-refractivity contribution in [2.45, 2.75) is 33.6 Å². The highest BCUT2D eigenvalue weighted by Gasteiger charge is 1.79. The molecule has 62 valence electrons. The van der Waals surface area contributed by atoms with E-state index in [1.807, 2.05) is 18.5 Å². The molecule has 11 heavy (non-hydrogen) atoms. The fourth-order valence-electron chi connectivity index (χ4n) is 0.483. The zero-order chi connectivity index (χ0) is 8.53. The average molecular weight is 152 g/mol. The zero-order valence-electron chi connectivity index (χ0n) is 7.72. The third kappa shape index (κ3) is 7.04. The van der Waals surface area contributed by atoms with E-state index in [-0.39, 0.29) is 0 Å². The van der Waals surface area contributed by atoms with Gasteiger partial charge in [-0.3, -0.25) is 0 Å². The lowest BCUT2D eigenvalue weighted by Crippen LogP contribution is -1.97. The number of pyridine rings is 1. The first kappa shape index (κ1) is 10.2. The molecule has 1 heteroatoms. The summed E-state index contributed by atoms with van der Waals surface area (Å²) in [5.41, 5.74) is 1.27. The van der Waals surface area contributed by atoms with E-state index >= 15 is 0 Å². The molecule has 0 saturated carbocycles. The molecular weight excluding hydrogens is 134 g/mol. The first-order chi connectivity index (χ1) is 5.31. The normalized spacial score (nSPS) is 8.27. The molecular formula is C10H18N+. The molecule has 0 saturated heterocycles. The fraction of sp³-hybridized carbons (Fsp3) is 0.500. The lowest BCUT2D eigenvalue weighted by molar-refractivity contribution is -0.378. The van der Waals surface area contributed by atoms with E-state index in [4.69, 9.17) is 0 Å². The van der Waals surface area contributed by atoms with Crippen LogP contribution in [0.3, 0.4) is 0 Å². The van der Waals surface area contributed by atoms with Crippen LogP contribution in [0.25, 0.3) is 0 Å². The maximum atomic E-state index is 2.96. The zero-order valence-corrected chi connectivity index (χ0v) is 7.72. The number of nitrogens with one attached hydrogen (secondary N) is 1. The molecule has 0 aromatic carbocycles. The molecule has 0 aliphatic heterocycles. The number of aromatic amines is 1. The molecule has 0 radical (unpaired) electrons. The Hall–Kier alpha value is -0.850. The second-order valence-corrected chi connectivity index (χ2v) is 2.58. The molecule has 1 aromatic rings. The van der Waals surface area contributed by atoms with Gasteiger partial charge in [0, 0.05) is 11.6 Å². The number of hydrogen-bond donors (Lipinski definition) is 0. The molecule has 0 unspecified atom stereocenters. The third-order valence-electron chi connectivity index (χ3n) is 1.36. The molecule has 0 amide bonds. The lowest BCUT2D eigenvalue weighted by Gasteiger charge is -1.76. The van der Waals surface area contributed by atoms with Crippen molar-refractivity contribution in [1.82, 2.24) is 0 Å². The van der Waals surface area contributed by atoms with Crippen LogP contribution in [0.5, 0.6) is 0 Å². The quantitative estimate of drug-likeness (QED) is 0.587. The summed E-state index contributed by atoms with van der Waals surface area (Å²) in [6.45, 7) is 6.41. The van der Waals surface area contributed by atoms with Crippen molar-refractivity contribution >= 4 is 0 Å².